The molecule has 0 atom stereocenters. The summed E-state index contributed by atoms with van der Waals surface area (Å²) in [5.41, 5.74) is 2.05. The van der Waals surface area contributed by atoms with E-state index in [2.05, 4.69) is 15.2 Å². The summed E-state index contributed by atoms with van der Waals surface area (Å²) in [6.45, 7) is 0. The van der Waals surface area contributed by atoms with Gasteiger partial charge in [-0.1, -0.05) is 36.0 Å². The summed E-state index contributed by atoms with van der Waals surface area (Å²) in [6.07, 6.45) is 0. The average Bonchev–Trinajstić information content (AvgIpc) is 3.08. The number of H-pyrrole nitrogens is 1. The molecule has 0 spiro atoms. The molecular weight excluding hydrogens is 341 g/mol. The lowest BCUT2D eigenvalue weighted by Crippen LogP contribution is -2.05. The molecule has 7 heteroatoms. The molecule has 0 aliphatic rings. The van der Waals surface area contributed by atoms with Crippen molar-refractivity contribution in [2.24, 2.45) is 0 Å². The quantitative estimate of drug-likeness (QED) is 0.561. The van der Waals surface area contributed by atoms with Crippen molar-refractivity contribution in [2.45, 2.75) is 11.0 Å². The minimum absolute atomic E-state index is 0.153. The number of aromatic nitrogens is 3. The van der Waals surface area contributed by atoms with Crippen LogP contribution in [0.25, 0.3) is 22.4 Å². The molecule has 5 nitrogen and oxygen atoms in total. The van der Waals surface area contributed by atoms with E-state index in [0.717, 1.165) is 16.5 Å². The van der Waals surface area contributed by atoms with Crippen molar-refractivity contribution in [1.29, 1.82) is 0 Å². The summed E-state index contributed by atoms with van der Waals surface area (Å²) in [6, 6.07) is 15.2. The number of pyridine rings is 1. The van der Waals surface area contributed by atoms with E-state index in [-0.39, 0.29) is 17.3 Å². The van der Waals surface area contributed by atoms with E-state index in [1.54, 1.807) is 18.2 Å². The Morgan fingerprint density at radius 1 is 1.08 bits per heavy atom. The highest BCUT2D eigenvalue weighted by atomic mass is 32.2. The van der Waals surface area contributed by atoms with Gasteiger partial charge < -0.3 is 9.40 Å². The number of fused-ring (bicyclic) bond motifs is 1. The molecule has 2 aromatic heterocycles. The summed E-state index contributed by atoms with van der Waals surface area (Å²) in [7, 11) is 0. The number of nitrogens with one attached hydrogen (secondary N) is 1. The van der Waals surface area contributed by atoms with Gasteiger partial charge in [0.05, 0.1) is 0 Å². The van der Waals surface area contributed by atoms with Gasteiger partial charge in [-0.2, -0.15) is 0 Å². The highest BCUT2D eigenvalue weighted by Gasteiger charge is 2.11. The zero-order valence-corrected chi connectivity index (χ0v) is 13.7. The van der Waals surface area contributed by atoms with Gasteiger partial charge in [-0.15, -0.1) is 10.2 Å². The largest absolute Gasteiger partial charge is 0.411 e. The summed E-state index contributed by atoms with van der Waals surface area (Å²) < 4.78 is 18.9. The van der Waals surface area contributed by atoms with Crippen molar-refractivity contribution in [1.82, 2.24) is 15.2 Å². The van der Waals surface area contributed by atoms with Crippen LogP contribution in [-0.2, 0) is 5.75 Å². The number of hydrogen-bond donors (Lipinski definition) is 1. The van der Waals surface area contributed by atoms with Crippen LogP contribution < -0.4 is 5.56 Å². The monoisotopic (exact) mass is 353 g/mol. The predicted molar refractivity (Wildman–Crippen MR) is 93.8 cm³/mol. The van der Waals surface area contributed by atoms with E-state index in [4.69, 9.17) is 4.42 Å². The molecule has 0 bridgehead atoms. The highest BCUT2D eigenvalue weighted by Crippen LogP contribution is 2.27. The van der Waals surface area contributed by atoms with Gasteiger partial charge in [-0.3, -0.25) is 4.79 Å². The van der Waals surface area contributed by atoms with Crippen molar-refractivity contribution < 1.29 is 8.81 Å². The molecule has 0 fully saturated rings. The number of benzene rings is 2. The van der Waals surface area contributed by atoms with Crippen LogP contribution in [0.15, 0.2) is 69.0 Å². The Hall–Kier alpha value is -2.93. The van der Waals surface area contributed by atoms with Crippen LogP contribution in [0.4, 0.5) is 4.39 Å². The number of thioether (sulfide) groups is 1. The number of nitrogens with zero attached hydrogens (tertiary/aromatic N) is 2. The maximum Gasteiger partial charge on any atom is 0.277 e. The molecule has 0 radical (unpaired) electrons. The van der Waals surface area contributed by atoms with Crippen LogP contribution in [0.3, 0.4) is 0 Å². The third-order valence-corrected chi connectivity index (χ3v) is 4.53. The summed E-state index contributed by atoms with van der Waals surface area (Å²) in [5, 5.41) is 9.26. The standard InChI is InChI=1S/C18H12FN3O2S/c19-13-5-3-4-11(8-13)17-21-22-18(24-17)25-10-12-9-16(23)20-15-7-2-1-6-14(12)15/h1-9H,10H2,(H,20,23). The predicted octanol–water partition coefficient (Wildman–Crippen LogP) is 4.01. The molecule has 0 aliphatic carbocycles. The number of hydrogen-bond acceptors (Lipinski definition) is 5. The Balaban J connectivity index is 1.58. The van der Waals surface area contributed by atoms with Crippen LogP contribution in [-0.4, -0.2) is 15.2 Å². The van der Waals surface area contributed by atoms with Crippen molar-refractivity contribution in [2.75, 3.05) is 0 Å². The van der Waals surface area contributed by atoms with Crippen LogP contribution in [0, 0.1) is 5.82 Å². The summed E-state index contributed by atoms with van der Waals surface area (Å²) in [4.78, 5) is 14.6. The van der Waals surface area contributed by atoms with Crippen LogP contribution in [0.2, 0.25) is 0 Å². The summed E-state index contributed by atoms with van der Waals surface area (Å²) >= 11 is 1.33. The molecule has 0 unspecified atom stereocenters. The van der Waals surface area contributed by atoms with Crippen molar-refractivity contribution in [3.63, 3.8) is 0 Å². The molecule has 2 heterocycles. The lowest BCUT2D eigenvalue weighted by molar-refractivity contribution is 0.465. The third kappa shape index (κ3) is 3.32. The smallest absolute Gasteiger partial charge is 0.277 e. The second-order valence-corrected chi connectivity index (χ2v) is 6.30. The van der Waals surface area contributed by atoms with Gasteiger partial charge in [0.2, 0.25) is 11.4 Å². The first-order valence-electron chi connectivity index (χ1n) is 7.52. The molecule has 2 aromatic carbocycles. The van der Waals surface area contributed by atoms with Crippen molar-refractivity contribution >= 4 is 22.7 Å². The second kappa shape index (κ2) is 6.52. The maximum absolute atomic E-state index is 13.3. The fourth-order valence-electron chi connectivity index (χ4n) is 2.54. The first-order chi connectivity index (χ1) is 12.2. The van der Waals surface area contributed by atoms with Gasteiger partial charge in [0.1, 0.15) is 5.82 Å². The van der Waals surface area contributed by atoms with E-state index in [0.29, 0.717) is 16.5 Å². The fourth-order valence-corrected chi connectivity index (χ4v) is 3.30. The minimum atomic E-state index is -0.361. The van der Waals surface area contributed by atoms with Crippen LogP contribution >= 0.6 is 11.8 Å². The van der Waals surface area contributed by atoms with Gasteiger partial charge >= 0.3 is 0 Å². The molecular formula is C18H12FN3O2S. The minimum Gasteiger partial charge on any atom is -0.411 e. The normalized spacial score (nSPS) is 11.1. The molecule has 0 amide bonds. The third-order valence-electron chi connectivity index (χ3n) is 3.67. The summed E-state index contributed by atoms with van der Waals surface area (Å²) in [5.74, 6) is 0.410. The molecule has 0 saturated carbocycles. The fraction of sp³-hybridized carbons (Fsp3) is 0.0556. The van der Waals surface area contributed by atoms with E-state index in [1.807, 2.05) is 24.3 Å². The maximum atomic E-state index is 13.3. The SMILES string of the molecule is O=c1cc(CSc2nnc(-c3cccc(F)c3)o2)c2ccccc2[nH]1. The number of para-hydroxylation sites is 1. The Bertz CT molecular complexity index is 1110. The lowest BCUT2D eigenvalue weighted by Gasteiger charge is -2.04. The molecule has 4 aromatic rings. The first-order valence-corrected chi connectivity index (χ1v) is 8.51. The van der Waals surface area contributed by atoms with E-state index < -0.39 is 0 Å². The molecule has 1 N–H and O–H groups in total. The van der Waals surface area contributed by atoms with Gasteiger partial charge in [0.25, 0.3) is 5.22 Å². The zero-order chi connectivity index (χ0) is 17.2. The average molecular weight is 353 g/mol. The number of halogens is 1. The zero-order valence-electron chi connectivity index (χ0n) is 12.9. The second-order valence-electron chi connectivity index (χ2n) is 5.38. The van der Waals surface area contributed by atoms with Gasteiger partial charge in [-0.25, -0.2) is 4.39 Å². The van der Waals surface area contributed by atoms with E-state index >= 15 is 0 Å². The Morgan fingerprint density at radius 2 is 1.96 bits per heavy atom. The molecule has 4 rings (SSSR count). The Morgan fingerprint density at radius 3 is 2.84 bits per heavy atom. The van der Waals surface area contributed by atoms with Gasteiger partial charge in [0.15, 0.2) is 0 Å². The van der Waals surface area contributed by atoms with Gasteiger partial charge in [-0.05, 0) is 29.8 Å². The van der Waals surface area contributed by atoms with Crippen LogP contribution in [0.1, 0.15) is 5.56 Å². The lowest BCUT2D eigenvalue weighted by atomic mass is 10.1. The Kier molecular flexibility index (Phi) is 4.07. The van der Waals surface area contributed by atoms with E-state index in [9.17, 15) is 9.18 Å². The molecule has 0 saturated heterocycles. The number of rotatable bonds is 4. The Labute approximate surface area is 145 Å². The van der Waals surface area contributed by atoms with Crippen molar-refractivity contribution in [3.8, 4) is 11.5 Å². The first kappa shape index (κ1) is 15.6. The topological polar surface area (TPSA) is 71.8 Å². The number of aromatic amines is 1. The molecule has 25 heavy (non-hydrogen) atoms. The highest BCUT2D eigenvalue weighted by molar-refractivity contribution is 7.98. The van der Waals surface area contributed by atoms with Gasteiger partial charge in [0, 0.05) is 28.3 Å². The van der Waals surface area contributed by atoms with Crippen molar-refractivity contribution in [3.05, 3.63) is 76.3 Å². The molecule has 0 aliphatic heterocycles. The van der Waals surface area contributed by atoms with Crippen LogP contribution in [0.5, 0.6) is 0 Å². The molecule has 124 valence electrons. The van der Waals surface area contributed by atoms with E-state index in [1.165, 1.54) is 23.9 Å².